The van der Waals surface area contributed by atoms with Gasteiger partial charge in [0.2, 0.25) is 0 Å². The Hall–Kier alpha value is -2.21. The van der Waals surface area contributed by atoms with Crippen LogP contribution in [0.15, 0.2) is 29.2 Å². The molecular weight excluding hydrogens is 210 g/mol. The SMILES string of the molecule is NCc1cc(=O)n2cccc(C(=O)O)c2n1. The van der Waals surface area contributed by atoms with E-state index in [9.17, 15) is 9.59 Å². The zero-order valence-electron chi connectivity index (χ0n) is 8.25. The number of aromatic nitrogens is 2. The van der Waals surface area contributed by atoms with Crippen LogP contribution in [0.5, 0.6) is 0 Å². The summed E-state index contributed by atoms with van der Waals surface area (Å²) < 4.78 is 1.18. The summed E-state index contributed by atoms with van der Waals surface area (Å²) in [4.78, 5) is 26.6. The van der Waals surface area contributed by atoms with E-state index in [0.29, 0.717) is 5.69 Å². The average Bonchev–Trinajstić information content (AvgIpc) is 2.28. The van der Waals surface area contributed by atoms with Gasteiger partial charge < -0.3 is 10.8 Å². The van der Waals surface area contributed by atoms with E-state index in [-0.39, 0.29) is 23.3 Å². The van der Waals surface area contributed by atoms with Crippen molar-refractivity contribution in [2.45, 2.75) is 6.54 Å². The van der Waals surface area contributed by atoms with Crippen LogP contribution in [-0.4, -0.2) is 20.5 Å². The van der Waals surface area contributed by atoms with Crippen LogP contribution in [0.3, 0.4) is 0 Å². The molecule has 0 spiro atoms. The van der Waals surface area contributed by atoms with Crippen LogP contribution < -0.4 is 11.3 Å². The number of carbonyl (C=O) groups is 1. The minimum absolute atomic E-state index is 0.0186. The normalized spacial score (nSPS) is 10.6. The highest BCUT2D eigenvalue weighted by Gasteiger charge is 2.11. The molecule has 2 heterocycles. The summed E-state index contributed by atoms with van der Waals surface area (Å²) in [5, 5.41) is 8.95. The van der Waals surface area contributed by atoms with Gasteiger partial charge in [0.25, 0.3) is 5.56 Å². The molecule has 0 bridgehead atoms. The standard InChI is InChI=1S/C10H9N3O3/c11-5-6-4-8(14)13-3-1-2-7(10(15)16)9(13)12-6/h1-4H,5,11H2,(H,15,16). The molecule has 3 N–H and O–H groups in total. The minimum atomic E-state index is -1.13. The summed E-state index contributed by atoms with van der Waals surface area (Å²) in [5.74, 6) is -1.13. The highest BCUT2D eigenvalue weighted by Crippen LogP contribution is 2.06. The number of nitrogens with zero attached hydrogens (tertiary/aromatic N) is 2. The van der Waals surface area contributed by atoms with Gasteiger partial charge in [-0.15, -0.1) is 0 Å². The predicted molar refractivity (Wildman–Crippen MR) is 56.3 cm³/mol. The molecule has 0 aliphatic heterocycles. The van der Waals surface area contributed by atoms with E-state index in [4.69, 9.17) is 10.8 Å². The fourth-order valence-corrected chi connectivity index (χ4v) is 1.44. The lowest BCUT2D eigenvalue weighted by Gasteiger charge is -2.04. The molecule has 2 aromatic rings. The first-order valence-electron chi connectivity index (χ1n) is 4.58. The molecule has 0 fully saturated rings. The van der Waals surface area contributed by atoms with Crippen LogP contribution in [0.4, 0.5) is 0 Å². The van der Waals surface area contributed by atoms with E-state index in [1.807, 2.05) is 0 Å². The number of carboxylic acid groups (broad SMARTS) is 1. The maximum Gasteiger partial charge on any atom is 0.339 e. The van der Waals surface area contributed by atoms with Crippen LogP contribution in [0.1, 0.15) is 16.1 Å². The molecule has 16 heavy (non-hydrogen) atoms. The molecule has 0 unspecified atom stereocenters. The molecule has 6 nitrogen and oxygen atoms in total. The molecule has 0 aliphatic carbocycles. The zero-order chi connectivity index (χ0) is 11.7. The second-order valence-corrected chi connectivity index (χ2v) is 3.21. The van der Waals surface area contributed by atoms with Crippen molar-refractivity contribution in [1.29, 1.82) is 0 Å². The van der Waals surface area contributed by atoms with Crippen LogP contribution >= 0.6 is 0 Å². The van der Waals surface area contributed by atoms with Gasteiger partial charge >= 0.3 is 5.97 Å². The van der Waals surface area contributed by atoms with Gasteiger partial charge in [0.05, 0.1) is 5.69 Å². The summed E-state index contributed by atoms with van der Waals surface area (Å²) in [5.41, 5.74) is 5.51. The average molecular weight is 219 g/mol. The molecule has 0 amide bonds. The molecule has 0 aliphatic rings. The Bertz CT molecular complexity index is 618. The fourth-order valence-electron chi connectivity index (χ4n) is 1.44. The number of nitrogens with two attached hydrogens (primary N) is 1. The predicted octanol–water partition coefficient (Wildman–Crippen LogP) is -0.149. The van der Waals surface area contributed by atoms with Crippen molar-refractivity contribution in [1.82, 2.24) is 9.38 Å². The van der Waals surface area contributed by atoms with E-state index in [0.717, 1.165) is 0 Å². The van der Waals surface area contributed by atoms with Crippen molar-refractivity contribution in [2.75, 3.05) is 0 Å². The molecule has 0 aromatic carbocycles. The van der Waals surface area contributed by atoms with Gasteiger partial charge in [-0.25, -0.2) is 9.78 Å². The van der Waals surface area contributed by atoms with Gasteiger partial charge in [0.15, 0.2) is 5.65 Å². The third-order valence-electron chi connectivity index (χ3n) is 2.18. The Kier molecular flexibility index (Phi) is 2.41. The van der Waals surface area contributed by atoms with Crippen molar-refractivity contribution in [3.8, 4) is 0 Å². The number of hydrogen-bond acceptors (Lipinski definition) is 4. The fraction of sp³-hybridized carbons (Fsp3) is 0.100. The maximum atomic E-state index is 11.6. The second-order valence-electron chi connectivity index (χ2n) is 3.21. The highest BCUT2D eigenvalue weighted by molar-refractivity contribution is 5.94. The zero-order valence-corrected chi connectivity index (χ0v) is 8.25. The third kappa shape index (κ3) is 1.55. The smallest absolute Gasteiger partial charge is 0.339 e. The van der Waals surface area contributed by atoms with Gasteiger partial charge in [-0.3, -0.25) is 9.20 Å². The Labute approximate surface area is 90.0 Å². The molecule has 0 atom stereocenters. The van der Waals surface area contributed by atoms with Crippen molar-refractivity contribution < 1.29 is 9.90 Å². The second kappa shape index (κ2) is 3.74. The summed E-state index contributed by atoms with van der Waals surface area (Å²) >= 11 is 0. The summed E-state index contributed by atoms with van der Waals surface area (Å²) in [6.07, 6.45) is 1.47. The lowest BCUT2D eigenvalue weighted by molar-refractivity contribution is 0.0698. The maximum absolute atomic E-state index is 11.6. The molecule has 0 radical (unpaired) electrons. The first kappa shape index (κ1) is 10.3. The quantitative estimate of drug-likeness (QED) is 0.732. The lowest BCUT2D eigenvalue weighted by Crippen LogP contribution is -2.19. The molecule has 2 rings (SSSR count). The van der Waals surface area contributed by atoms with Gasteiger partial charge in [0.1, 0.15) is 5.56 Å². The van der Waals surface area contributed by atoms with Crippen molar-refractivity contribution >= 4 is 11.6 Å². The van der Waals surface area contributed by atoms with E-state index in [1.165, 1.54) is 28.8 Å². The summed E-state index contributed by atoms with van der Waals surface area (Å²) in [6.45, 7) is 0.0969. The number of fused-ring (bicyclic) bond motifs is 1. The Morgan fingerprint density at radius 3 is 2.94 bits per heavy atom. The Morgan fingerprint density at radius 2 is 2.31 bits per heavy atom. The largest absolute Gasteiger partial charge is 0.478 e. The minimum Gasteiger partial charge on any atom is -0.478 e. The summed E-state index contributed by atoms with van der Waals surface area (Å²) in [6, 6.07) is 4.17. The van der Waals surface area contributed by atoms with Crippen molar-refractivity contribution in [3.05, 3.63) is 46.0 Å². The Balaban J connectivity index is 2.90. The van der Waals surface area contributed by atoms with Crippen LogP contribution in [0.2, 0.25) is 0 Å². The number of rotatable bonds is 2. The number of aromatic carboxylic acids is 1. The van der Waals surface area contributed by atoms with Gasteiger partial charge in [0, 0.05) is 18.8 Å². The summed E-state index contributed by atoms with van der Waals surface area (Å²) in [7, 11) is 0. The lowest BCUT2D eigenvalue weighted by atomic mass is 10.2. The van der Waals surface area contributed by atoms with E-state index in [2.05, 4.69) is 4.98 Å². The molecule has 0 saturated carbocycles. The monoisotopic (exact) mass is 219 g/mol. The first-order valence-corrected chi connectivity index (χ1v) is 4.58. The van der Waals surface area contributed by atoms with Crippen LogP contribution in [-0.2, 0) is 6.54 Å². The number of carboxylic acids is 1. The van der Waals surface area contributed by atoms with Crippen molar-refractivity contribution in [3.63, 3.8) is 0 Å². The van der Waals surface area contributed by atoms with Gasteiger partial charge in [-0.1, -0.05) is 0 Å². The molecule has 6 heteroatoms. The highest BCUT2D eigenvalue weighted by atomic mass is 16.4. The van der Waals surface area contributed by atoms with E-state index < -0.39 is 5.97 Å². The van der Waals surface area contributed by atoms with Crippen molar-refractivity contribution in [2.24, 2.45) is 5.73 Å². The molecule has 2 aromatic heterocycles. The number of pyridine rings is 1. The first-order chi connectivity index (χ1) is 7.63. The van der Waals surface area contributed by atoms with Crippen LogP contribution in [0, 0.1) is 0 Å². The van der Waals surface area contributed by atoms with E-state index in [1.54, 1.807) is 0 Å². The number of hydrogen-bond donors (Lipinski definition) is 2. The molecular formula is C10H9N3O3. The molecule has 0 saturated heterocycles. The van der Waals surface area contributed by atoms with Crippen LogP contribution in [0.25, 0.3) is 5.65 Å². The Morgan fingerprint density at radius 1 is 1.56 bits per heavy atom. The third-order valence-corrected chi connectivity index (χ3v) is 2.18. The topological polar surface area (TPSA) is 97.7 Å². The van der Waals surface area contributed by atoms with Gasteiger partial charge in [-0.05, 0) is 12.1 Å². The molecule has 82 valence electrons. The van der Waals surface area contributed by atoms with E-state index >= 15 is 0 Å². The van der Waals surface area contributed by atoms with Gasteiger partial charge in [-0.2, -0.15) is 0 Å².